The summed E-state index contributed by atoms with van der Waals surface area (Å²) < 4.78 is 0. The summed E-state index contributed by atoms with van der Waals surface area (Å²) in [5.74, 6) is 6.71. The van der Waals surface area contributed by atoms with Crippen LogP contribution in [0.3, 0.4) is 0 Å². The number of likely N-dealkylation sites (N-methyl/N-ethyl adjacent to an activating group) is 1. The Labute approximate surface area is 187 Å². The molecule has 9 nitrogen and oxygen atoms in total. The number of rotatable bonds is 5. The van der Waals surface area contributed by atoms with Crippen LogP contribution in [0.1, 0.15) is 15.9 Å². The number of carbonyl (C=O) groups is 1. The van der Waals surface area contributed by atoms with Crippen molar-refractivity contribution in [3.8, 4) is 0 Å². The summed E-state index contributed by atoms with van der Waals surface area (Å²) in [5, 5.41) is 6.16. The molecule has 1 aliphatic rings. The molecule has 166 valence electrons. The molecular weight excluding hydrogens is 404 g/mol. The second-order valence-electron chi connectivity index (χ2n) is 8.03. The van der Waals surface area contributed by atoms with E-state index in [0.29, 0.717) is 17.1 Å². The molecule has 1 saturated heterocycles. The molecule has 1 fully saturated rings. The Morgan fingerprint density at radius 1 is 1.06 bits per heavy atom. The maximum Gasteiger partial charge on any atom is 0.257 e. The number of anilines is 2. The lowest BCUT2D eigenvalue weighted by atomic mass is 10.1. The second kappa shape index (κ2) is 9.21. The van der Waals surface area contributed by atoms with Gasteiger partial charge in [-0.15, -0.1) is 0 Å². The summed E-state index contributed by atoms with van der Waals surface area (Å²) in [5.41, 5.74) is 8.04. The molecule has 0 bridgehead atoms. The van der Waals surface area contributed by atoms with Crippen molar-refractivity contribution in [2.45, 2.75) is 0 Å². The van der Waals surface area contributed by atoms with Crippen molar-refractivity contribution < 1.29 is 4.79 Å². The third-order valence-corrected chi connectivity index (χ3v) is 5.47. The first kappa shape index (κ1) is 21.5. The molecule has 0 atom stereocenters. The normalized spacial score (nSPS) is 15.1. The molecule has 32 heavy (non-hydrogen) atoms. The average Bonchev–Trinajstić information content (AvgIpc) is 2.78. The Morgan fingerprint density at radius 2 is 1.84 bits per heavy atom. The Morgan fingerprint density at radius 3 is 2.59 bits per heavy atom. The lowest BCUT2D eigenvalue weighted by molar-refractivity contribution is 0.102. The van der Waals surface area contributed by atoms with Gasteiger partial charge >= 0.3 is 0 Å². The van der Waals surface area contributed by atoms with Crippen LogP contribution in [0.4, 0.5) is 11.6 Å². The third-order valence-electron chi connectivity index (χ3n) is 5.47. The maximum absolute atomic E-state index is 12.9. The predicted molar refractivity (Wildman–Crippen MR) is 128 cm³/mol. The summed E-state index contributed by atoms with van der Waals surface area (Å²) in [6.45, 7) is 3.73. The van der Waals surface area contributed by atoms with Gasteiger partial charge in [-0.05, 0) is 42.3 Å². The number of aromatic nitrogens is 2. The Bertz CT molecular complexity index is 1150. The minimum atomic E-state index is -0.227. The van der Waals surface area contributed by atoms with Gasteiger partial charge in [0.05, 0.1) is 5.70 Å². The van der Waals surface area contributed by atoms with E-state index in [0.717, 1.165) is 48.3 Å². The number of nitrogens with two attached hydrogens (primary N) is 2. The van der Waals surface area contributed by atoms with E-state index in [2.05, 4.69) is 32.1 Å². The molecule has 0 aliphatic carbocycles. The lowest BCUT2D eigenvalue weighted by Gasteiger charge is -2.33. The lowest BCUT2D eigenvalue weighted by Crippen LogP contribution is -2.44. The first-order valence-corrected chi connectivity index (χ1v) is 10.4. The molecule has 3 aromatic rings. The van der Waals surface area contributed by atoms with E-state index in [9.17, 15) is 4.79 Å². The number of fused-ring (bicyclic) bond motifs is 1. The average molecular weight is 433 g/mol. The fourth-order valence-electron chi connectivity index (χ4n) is 3.64. The zero-order valence-corrected chi connectivity index (χ0v) is 18.3. The molecule has 5 N–H and O–H groups in total. The molecule has 2 aromatic heterocycles. The topological polar surface area (TPSA) is 117 Å². The van der Waals surface area contributed by atoms with E-state index in [4.69, 9.17) is 11.6 Å². The van der Waals surface area contributed by atoms with Crippen LogP contribution in [-0.2, 0) is 0 Å². The van der Waals surface area contributed by atoms with Gasteiger partial charge in [0, 0.05) is 62.8 Å². The van der Waals surface area contributed by atoms with Gasteiger partial charge in [0.15, 0.2) is 0 Å². The van der Waals surface area contributed by atoms with Crippen molar-refractivity contribution >= 4 is 34.0 Å². The maximum atomic E-state index is 12.9. The van der Waals surface area contributed by atoms with Crippen molar-refractivity contribution in [3.05, 3.63) is 66.1 Å². The third kappa shape index (κ3) is 4.96. The van der Waals surface area contributed by atoms with Crippen LogP contribution in [0.15, 0.2) is 55.0 Å². The van der Waals surface area contributed by atoms with E-state index >= 15 is 0 Å². The largest absolute Gasteiger partial charge is 0.397 e. The van der Waals surface area contributed by atoms with Crippen LogP contribution in [0.25, 0.3) is 16.5 Å². The van der Waals surface area contributed by atoms with E-state index in [1.165, 1.54) is 5.01 Å². The highest BCUT2D eigenvalue weighted by molar-refractivity contribution is 6.05. The Balaban J connectivity index is 1.53. The standard InChI is InChI=1S/C23H28N8O/c1-29-7-9-31(10-8-29)22-13-17(5-6-26-22)23(32)28-21-12-19-11-16(20(24)15-30(2)25)3-4-18(19)14-27-21/h3-6,11-15H,7-10,24-25H2,1-2H3,(H,27,28,32)/b20-15-. The smallest absolute Gasteiger partial charge is 0.257 e. The van der Waals surface area contributed by atoms with Gasteiger partial charge in [0.25, 0.3) is 5.91 Å². The van der Waals surface area contributed by atoms with E-state index in [1.807, 2.05) is 30.3 Å². The predicted octanol–water partition coefficient (Wildman–Crippen LogP) is 1.70. The SMILES string of the molecule is CN(N)/C=C(\N)c1ccc2cnc(NC(=O)c3ccnc(N4CCN(C)CC4)c3)cc2c1. The van der Waals surface area contributed by atoms with Gasteiger partial charge in [-0.1, -0.05) is 12.1 Å². The molecule has 0 unspecified atom stereocenters. The molecule has 9 heteroatoms. The van der Waals surface area contributed by atoms with Gasteiger partial charge < -0.3 is 25.9 Å². The van der Waals surface area contributed by atoms with Crippen LogP contribution in [0.5, 0.6) is 0 Å². The molecule has 1 aromatic carbocycles. The highest BCUT2D eigenvalue weighted by Crippen LogP contribution is 2.22. The van der Waals surface area contributed by atoms with E-state index in [1.54, 1.807) is 31.7 Å². The summed E-state index contributed by atoms with van der Waals surface area (Å²) in [6.07, 6.45) is 5.05. The van der Waals surface area contributed by atoms with Crippen molar-refractivity contribution in [1.82, 2.24) is 19.9 Å². The fraction of sp³-hybridized carbons (Fsp3) is 0.261. The summed E-state index contributed by atoms with van der Waals surface area (Å²) >= 11 is 0. The zero-order valence-electron chi connectivity index (χ0n) is 18.3. The highest BCUT2D eigenvalue weighted by atomic mass is 16.1. The summed E-state index contributed by atoms with van der Waals surface area (Å²) in [4.78, 5) is 26.2. The number of carbonyl (C=O) groups excluding carboxylic acids is 1. The molecule has 0 spiro atoms. The van der Waals surface area contributed by atoms with Crippen molar-refractivity contribution in [1.29, 1.82) is 0 Å². The van der Waals surface area contributed by atoms with Gasteiger partial charge in [-0.2, -0.15) is 0 Å². The van der Waals surface area contributed by atoms with Crippen LogP contribution >= 0.6 is 0 Å². The van der Waals surface area contributed by atoms with Gasteiger partial charge in [0.2, 0.25) is 0 Å². The first-order valence-electron chi connectivity index (χ1n) is 10.4. The van der Waals surface area contributed by atoms with Gasteiger partial charge in [-0.3, -0.25) is 4.79 Å². The van der Waals surface area contributed by atoms with E-state index in [-0.39, 0.29) is 5.91 Å². The number of nitrogens with one attached hydrogen (secondary N) is 1. The Kier molecular flexibility index (Phi) is 6.20. The van der Waals surface area contributed by atoms with Crippen LogP contribution in [0, 0.1) is 0 Å². The molecule has 1 aliphatic heterocycles. The number of pyridine rings is 2. The number of hydrogen-bond acceptors (Lipinski definition) is 8. The molecule has 4 rings (SSSR count). The van der Waals surface area contributed by atoms with Crippen LogP contribution in [-0.4, -0.2) is 66.1 Å². The molecule has 0 saturated carbocycles. The fourth-order valence-corrected chi connectivity index (χ4v) is 3.64. The molecule has 0 radical (unpaired) electrons. The van der Waals surface area contributed by atoms with Gasteiger partial charge in [0.1, 0.15) is 11.6 Å². The Hall–Kier alpha value is -3.69. The number of piperazine rings is 1. The van der Waals surface area contributed by atoms with Crippen LogP contribution in [0.2, 0.25) is 0 Å². The molecule has 1 amide bonds. The highest BCUT2D eigenvalue weighted by Gasteiger charge is 2.17. The zero-order chi connectivity index (χ0) is 22.7. The number of hydrogen-bond donors (Lipinski definition) is 3. The first-order chi connectivity index (χ1) is 15.4. The van der Waals surface area contributed by atoms with Crippen molar-refractivity contribution in [2.75, 3.05) is 50.5 Å². The monoisotopic (exact) mass is 432 g/mol. The second-order valence-corrected chi connectivity index (χ2v) is 8.03. The van der Waals surface area contributed by atoms with Crippen molar-refractivity contribution in [2.24, 2.45) is 11.6 Å². The minimum Gasteiger partial charge on any atom is -0.397 e. The van der Waals surface area contributed by atoms with Crippen molar-refractivity contribution in [3.63, 3.8) is 0 Å². The number of amides is 1. The molecular formula is C23H28N8O. The van der Waals surface area contributed by atoms with E-state index < -0.39 is 0 Å². The number of hydrazine groups is 1. The summed E-state index contributed by atoms with van der Waals surface area (Å²) in [7, 11) is 3.81. The minimum absolute atomic E-state index is 0.227. The quantitative estimate of drug-likeness (QED) is 0.412. The molecule has 3 heterocycles. The summed E-state index contributed by atoms with van der Waals surface area (Å²) in [6, 6.07) is 11.2. The number of nitrogens with zero attached hydrogens (tertiary/aromatic N) is 5. The van der Waals surface area contributed by atoms with Crippen LogP contribution < -0.4 is 21.8 Å². The van der Waals surface area contributed by atoms with Gasteiger partial charge in [-0.25, -0.2) is 15.8 Å². The number of benzene rings is 1.